The first kappa shape index (κ1) is 63.6. The van der Waals surface area contributed by atoms with E-state index in [0.29, 0.717) is 12.8 Å². The fourth-order valence-corrected chi connectivity index (χ4v) is 9.31. The Morgan fingerprint density at radius 1 is 0.507 bits per heavy atom. The molecule has 2 saturated heterocycles. The molecule has 2 aliphatic heterocycles. The molecule has 9 N–H and O–H groups in total. The Balaban J connectivity index is 1.75. The number of amides is 1. The monoisotopic (exact) mass is 986 g/mol. The summed E-state index contributed by atoms with van der Waals surface area (Å²) < 4.78 is 22.7. The first-order chi connectivity index (χ1) is 33.6. The van der Waals surface area contributed by atoms with Gasteiger partial charge in [0.05, 0.1) is 32.0 Å². The molecule has 406 valence electrons. The summed E-state index contributed by atoms with van der Waals surface area (Å²) in [5, 5.41) is 86.8. The molecule has 12 unspecified atom stereocenters. The van der Waals surface area contributed by atoms with E-state index in [1.54, 1.807) is 6.08 Å². The predicted molar refractivity (Wildman–Crippen MR) is 272 cm³/mol. The van der Waals surface area contributed by atoms with Gasteiger partial charge >= 0.3 is 0 Å². The van der Waals surface area contributed by atoms with Crippen LogP contribution in [0.5, 0.6) is 0 Å². The largest absolute Gasteiger partial charge is 0.394 e. The zero-order valence-corrected chi connectivity index (χ0v) is 43.3. The van der Waals surface area contributed by atoms with Crippen molar-refractivity contribution in [1.82, 2.24) is 5.32 Å². The van der Waals surface area contributed by atoms with Crippen molar-refractivity contribution in [2.75, 3.05) is 19.8 Å². The number of allylic oxidation sites excluding steroid dienone is 3. The second-order valence-electron chi connectivity index (χ2n) is 20.1. The van der Waals surface area contributed by atoms with Gasteiger partial charge in [0.2, 0.25) is 5.91 Å². The van der Waals surface area contributed by atoms with Gasteiger partial charge in [-0.15, -0.1) is 0 Å². The normalized spacial score (nSPS) is 26.3. The van der Waals surface area contributed by atoms with E-state index in [1.807, 2.05) is 6.08 Å². The molecule has 0 radical (unpaired) electrons. The van der Waals surface area contributed by atoms with Crippen LogP contribution in [0.25, 0.3) is 0 Å². The Hall–Kier alpha value is -1.53. The van der Waals surface area contributed by atoms with Crippen LogP contribution in [0, 0.1) is 0 Å². The Morgan fingerprint density at radius 3 is 1.42 bits per heavy atom. The van der Waals surface area contributed by atoms with E-state index in [1.165, 1.54) is 161 Å². The smallest absolute Gasteiger partial charge is 0.220 e. The molecule has 14 nitrogen and oxygen atoms in total. The van der Waals surface area contributed by atoms with Crippen LogP contribution in [0.3, 0.4) is 0 Å². The molecule has 2 heterocycles. The third-order valence-electron chi connectivity index (χ3n) is 13.9. The third kappa shape index (κ3) is 28.5. The van der Waals surface area contributed by atoms with Crippen molar-refractivity contribution in [3.8, 4) is 0 Å². The summed E-state index contributed by atoms with van der Waals surface area (Å²) in [6, 6.07) is -0.926. The van der Waals surface area contributed by atoms with Gasteiger partial charge in [-0.25, -0.2) is 0 Å². The Kier molecular flexibility index (Phi) is 38.6. The second-order valence-corrected chi connectivity index (χ2v) is 20.1. The Bertz CT molecular complexity index is 1260. The maximum atomic E-state index is 13.2. The topological polar surface area (TPSA) is 228 Å². The highest BCUT2D eigenvalue weighted by molar-refractivity contribution is 5.76. The van der Waals surface area contributed by atoms with Crippen LogP contribution in [-0.4, -0.2) is 140 Å². The van der Waals surface area contributed by atoms with Crippen molar-refractivity contribution in [3.05, 3.63) is 24.3 Å². The molecule has 14 heteroatoms. The van der Waals surface area contributed by atoms with Crippen LogP contribution in [0.1, 0.15) is 226 Å². The number of carbonyl (C=O) groups excluding carboxylic acids is 1. The molecule has 0 bridgehead atoms. The summed E-state index contributed by atoms with van der Waals surface area (Å²) in [5.41, 5.74) is 0. The maximum absolute atomic E-state index is 13.2. The minimum Gasteiger partial charge on any atom is -0.394 e. The number of hydrogen-bond donors (Lipinski definition) is 9. The molecule has 0 aliphatic carbocycles. The molecule has 0 aromatic heterocycles. The third-order valence-corrected chi connectivity index (χ3v) is 13.9. The molecule has 0 aromatic rings. The quantitative estimate of drug-likeness (QED) is 0.0206. The number of nitrogens with one attached hydrogen (secondary N) is 1. The van der Waals surface area contributed by atoms with Crippen LogP contribution >= 0.6 is 0 Å². The lowest BCUT2D eigenvalue weighted by molar-refractivity contribution is -0.359. The lowest BCUT2D eigenvalue weighted by Crippen LogP contribution is -2.65. The second kappa shape index (κ2) is 41.9. The highest BCUT2D eigenvalue weighted by atomic mass is 16.7. The van der Waals surface area contributed by atoms with E-state index in [4.69, 9.17) is 18.9 Å². The van der Waals surface area contributed by atoms with Gasteiger partial charge in [0.1, 0.15) is 48.8 Å². The first-order valence-electron chi connectivity index (χ1n) is 28.1. The fraction of sp³-hybridized carbons (Fsp3) is 0.909. The molecule has 2 rings (SSSR count). The van der Waals surface area contributed by atoms with Crippen molar-refractivity contribution < 1.29 is 64.6 Å². The number of carbonyl (C=O) groups is 1. The van der Waals surface area contributed by atoms with Crippen molar-refractivity contribution in [2.45, 2.75) is 299 Å². The Labute approximate surface area is 418 Å². The van der Waals surface area contributed by atoms with Crippen LogP contribution in [-0.2, 0) is 23.7 Å². The van der Waals surface area contributed by atoms with E-state index in [9.17, 15) is 45.6 Å². The number of ether oxygens (including phenoxy) is 4. The van der Waals surface area contributed by atoms with Crippen LogP contribution < -0.4 is 5.32 Å². The van der Waals surface area contributed by atoms with Gasteiger partial charge in [0.25, 0.3) is 0 Å². The molecular formula is C55H103NO13. The number of aliphatic hydroxyl groups excluding tert-OH is 8. The SMILES string of the molecule is CCCCCCCC/C=C/CC/C=C/C(O)C(COC1OC(CO)C(OC2OC(CO)C(O)C(O)C2O)C(O)C1O)NC(=O)CCCCCCCCCCCCCCCCCCCCCCCCC. The average Bonchev–Trinajstić information content (AvgIpc) is 3.35. The molecular weight excluding hydrogens is 883 g/mol. The zero-order chi connectivity index (χ0) is 50.3. The van der Waals surface area contributed by atoms with Crippen LogP contribution in [0.4, 0.5) is 0 Å². The summed E-state index contributed by atoms with van der Waals surface area (Å²) in [7, 11) is 0. The van der Waals surface area contributed by atoms with E-state index in [2.05, 4.69) is 31.3 Å². The average molecular weight is 986 g/mol. The molecule has 12 atom stereocenters. The van der Waals surface area contributed by atoms with E-state index < -0.39 is 86.8 Å². The van der Waals surface area contributed by atoms with Gasteiger partial charge in [-0.1, -0.05) is 212 Å². The van der Waals surface area contributed by atoms with Gasteiger partial charge in [0.15, 0.2) is 12.6 Å². The zero-order valence-electron chi connectivity index (χ0n) is 43.3. The van der Waals surface area contributed by atoms with E-state index >= 15 is 0 Å². The van der Waals surface area contributed by atoms with Gasteiger partial charge in [-0.3, -0.25) is 4.79 Å². The van der Waals surface area contributed by atoms with Crippen molar-refractivity contribution in [3.63, 3.8) is 0 Å². The highest BCUT2D eigenvalue weighted by Crippen LogP contribution is 2.30. The molecule has 1 amide bonds. The number of hydrogen-bond acceptors (Lipinski definition) is 13. The molecule has 2 aliphatic rings. The molecule has 0 aromatic carbocycles. The molecule has 0 saturated carbocycles. The summed E-state index contributed by atoms with van der Waals surface area (Å²) in [6.07, 6.45) is 30.9. The molecule has 0 spiro atoms. The lowest BCUT2D eigenvalue weighted by Gasteiger charge is -2.46. The van der Waals surface area contributed by atoms with Crippen molar-refractivity contribution >= 4 is 5.91 Å². The predicted octanol–water partition coefficient (Wildman–Crippen LogP) is 8.50. The highest BCUT2D eigenvalue weighted by Gasteiger charge is 2.51. The number of unbranched alkanes of at least 4 members (excludes halogenated alkanes) is 29. The van der Waals surface area contributed by atoms with Gasteiger partial charge in [-0.05, 0) is 32.1 Å². The minimum atomic E-state index is -1.79. The lowest BCUT2D eigenvalue weighted by atomic mass is 9.97. The first-order valence-corrected chi connectivity index (χ1v) is 28.1. The van der Waals surface area contributed by atoms with Gasteiger partial charge in [-0.2, -0.15) is 0 Å². The number of aliphatic hydroxyl groups is 8. The van der Waals surface area contributed by atoms with Gasteiger partial charge < -0.3 is 65.1 Å². The van der Waals surface area contributed by atoms with Crippen LogP contribution in [0.15, 0.2) is 24.3 Å². The molecule has 69 heavy (non-hydrogen) atoms. The van der Waals surface area contributed by atoms with E-state index in [-0.39, 0.29) is 18.9 Å². The summed E-state index contributed by atoms with van der Waals surface area (Å²) >= 11 is 0. The molecule has 2 fully saturated rings. The minimum absolute atomic E-state index is 0.247. The van der Waals surface area contributed by atoms with Crippen LogP contribution in [0.2, 0.25) is 0 Å². The van der Waals surface area contributed by atoms with E-state index in [0.717, 1.165) is 32.1 Å². The van der Waals surface area contributed by atoms with Crippen molar-refractivity contribution in [1.29, 1.82) is 0 Å². The fourth-order valence-electron chi connectivity index (χ4n) is 9.31. The maximum Gasteiger partial charge on any atom is 0.220 e. The number of rotatable bonds is 44. The Morgan fingerprint density at radius 2 is 0.928 bits per heavy atom. The summed E-state index contributed by atoms with van der Waals surface area (Å²) in [5.74, 6) is -0.247. The van der Waals surface area contributed by atoms with Gasteiger partial charge in [0, 0.05) is 6.42 Å². The van der Waals surface area contributed by atoms with Crippen molar-refractivity contribution in [2.24, 2.45) is 0 Å². The standard InChI is InChI=1S/C55H103NO13/c1-3-5-7-9-11-13-15-17-18-19-20-21-22-23-24-25-26-27-29-31-33-35-37-39-47(60)56-43(44(59)38-36-34-32-30-28-16-14-12-10-8-6-4-2)42-66-54-52(65)50(63)53(46(41-58)68-54)69-55-51(64)49(62)48(61)45(40-57)67-55/h28,30,36,38,43-46,48-55,57-59,61-65H,3-27,29,31-35,37,39-42H2,1-2H3,(H,56,60)/b30-28+,38-36+. The summed E-state index contributed by atoms with van der Waals surface area (Å²) in [6.45, 7) is 2.77. The summed E-state index contributed by atoms with van der Waals surface area (Å²) in [4.78, 5) is 13.2.